The zero-order valence-corrected chi connectivity index (χ0v) is 41.9. The van der Waals surface area contributed by atoms with E-state index in [-0.39, 0.29) is 74.8 Å². The highest BCUT2D eigenvalue weighted by Gasteiger charge is 2.48. The fourth-order valence-corrected chi connectivity index (χ4v) is 11.7. The third-order valence-electron chi connectivity index (χ3n) is 11.9. The lowest BCUT2D eigenvalue weighted by molar-refractivity contribution is -0.441. The smallest absolute Gasteiger partial charge is 0.303 e. The minimum Gasteiger partial charge on any atom is -0.481 e. The molecule has 19 nitrogen and oxygen atoms in total. The topological polar surface area (TPSA) is 272 Å². The molecule has 2 aromatic rings. The summed E-state index contributed by atoms with van der Waals surface area (Å²) >= 11 is 0. The second-order valence-electron chi connectivity index (χ2n) is 16.8. The standard InChI is InChI=1S/C44H64N4O15S4/c1-43(21-12-30-64(51,52)53)36-32-34(66(57,58)45-23-27-61-3)17-19-38(36)47(25-11-7-10-16-42(49)50)40(43)14-8-6-9-15-41-44(2,22-13-31-65(54,55)56)37-33-35(67(59,60)46-24-28-62-4)18-20-39(37)48(41)26-29-63-5/h6,8-9,14-15,17-20,32-33,45-46H,7,10-13,16,21-31H2,1-5H3,(H2-,49,50,51,52,53,54,55,56)/p+1. The molecule has 2 atom stereocenters. The first-order chi connectivity index (χ1) is 31.4. The Hall–Kier alpha value is -3.88. The van der Waals surface area contributed by atoms with Crippen LogP contribution in [0.5, 0.6) is 0 Å². The average molecular weight is 1020 g/mol. The number of nitrogens with zero attached hydrogens (tertiary/aromatic N) is 2. The summed E-state index contributed by atoms with van der Waals surface area (Å²) in [4.78, 5) is 13.3. The zero-order valence-electron chi connectivity index (χ0n) is 38.6. The fraction of sp³-hybridized carbons (Fsp3) is 0.545. The molecule has 2 aliphatic rings. The largest absolute Gasteiger partial charge is 0.481 e. The van der Waals surface area contributed by atoms with Crippen molar-refractivity contribution in [2.75, 3.05) is 83.7 Å². The van der Waals surface area contributed by atoms with Crippen LogP contribution >= 0.6 is 0 Å². The Balaban J connectivity index is 1.84. The van der Waals surface area contributed by atoms with Crippen LogP contribution in [-0.2, 0) is 70.1 Å². The second kappa shape index (κ2) is 24.1. The van der Waals surface area contributed by atoms with Crippen LogP contribution in [0.2, 0.25) is 0 Å². The molecule has 0 aromatic heterocycles. The van der Waals surface area contributed by atoms with Gasteiger partial charge in [0, 0.05) is 81.9 Å². The maximum absolute atomic E-state index is 13.4. The van der Waals surface area contributed by atoms with Crippen LogP contribution in [0.4, 0.5) is 11.4 Å². The van der Waals surface area contributed by atoms with Crippen LogP contribution in [0.1, 0.15) is 76.3 Å². The van der Waals surface area contributed by atoms with Crippen molar-refractivity contribution in [1.82, 2.24) is 9.44 Å². The van der Waals surface area contributed by atoms with Gasteiger partial charge < -0.3 is 24.2 Å². The number of anilines is 1. The van der Waals surface area contributed by atoms with E-state index in [1.807, 2.05) is 35.5 Å². The van der Waals surface area contributed by atoms with Crippen molar-refractivity contribution in [1.29, 1.82) is 0 Å². The highest BCUT2D eigenvalue weighted by molar-refractivity contribution is 7.89. The van der Waals surface area contributed by atoms with Gasteiger partial charge in [-0.2, -0.15) is 21.4 Å². The first kappa shape index (κ1) is 55.7. The molecule has 0 bridgehead atoms. The number of carbonyl (C=O) groups is 1. The summed E-state index contributed by atoms with van der Waals surface area (Å²) in [6.45, 7) is 5.18. The Morgan fingerprint density at radius 1 is 0.701 bits per heavy atom. The normalized spacial score (nSPS) is 19.6. The molecule has 23 heteroatoms. The number of fused-ring (bicyclic) bond motifs is 2. The number of nitrogens with one attached hydrogen (secondary N) is 2. The first-order valence-electron chi connectivity index (χ1n) is 21.8. The fourth-order valence-electron chi connectivity index (χ4n) is 8.61. The lowest BCUT2D eigenvalue weighted by Gasteiger charge is -2.30. The highest BCUT2D eigenvalue weighted by atomic mass is 32.2. The van der Waals surface area contributed by atoms with Crippen LogP contribution in [-0.4, -0.2) is 143 Å². The van der Waals surface area contributed by atoms with Gasteiger partial charge in [-0.3, -0.25) is 13.9 Å². The highest BCUT2D eigenvalue weighted by Crippen LogP contribution is 2.51. The third-order valence-corrected chi connectivity index (χ3v) is 16.4. The van der Waals surface area contributed by atoms with E-state index in [1.165, 1.54) is 26.4 Å². The molecule has 374 valence electrons. The predicted octanol–water partition coefficient (Wildman–Crippen LogP) is 4.29. The average Bonchev–Trinajstić information content (AvgIpc) is 3.61. The Morgan fingerprint density at radius 2 is 1.25 bits per heavy atom. The number of ether oxygens (including phenoxy) is 3. The molecule has 0 aliphatic carbocycles. The van der Waals surface area contributed by atoms with Gasteiger partial charge in [0.15, 0.2) is 12.3 Å². The van der Waals surface area contributed by atoms with Crippen molar-refractivity contribution < 1.29 is 71.5 Å². The van der Waals surface area contributed by atoms with Crippen molar-refractivity contribution in [3.05, 3.63) is 83.6 Å². The molecule has 0 radical (unpaired) electrons. The summed E-state index contributed by atoms with van der Waals surface area (Å²) in [5.41, 5.74) is 2.07. The molecule has 2 unspecified atom stereocenters. The van der Waals surface area contributed by atoms with Gasteiger partial charge in [-0.15, -0.1) is 0 Å². The number of methoxy groups -OCH3 is 3. The van der Waals surface area contributed by atoms with Gasteiger partial charge in [-0.1, -0.05) is 24.6 Å². The summed E-state index contributed by atoms with van der Waals surface area (Å²) in [6, 6.07) is 9.51. The van der Waals surface area contributed by atoms with Gasteiger partial charge in [0.2, 0.25) is 25.7 Å². The summed E-state index contributed by atoms with van der Waals surface area (Å²) in [5, 5.41) is 9.22. The first-order valence-corrected chi connectivity index (χ1v) is 28.0. The van der Waals surface area contributed by atoms with E-state index in [9.17, 15) is 52.7 Å². The van der Waals surface area contributed by atoms with E-state index in [0.717, 1.165) is 0 Å². The van der Waals surface area contributed by atoms with E-state index < -0.39 is 68.6 Å². The van der Waals surface area contributed by atoms with E-state index in [4.69, 9.17) is 14.2 Å². The quantitative estimate of drug-likeness (QED) is 0.0316. The molecule has 2 aliphatic heterocycles. The maximum atomic E-state index is 13.4. The Morgan fingerprint density at radius 3 is 1.81 bits per heavy atom. The predicted molar refractivity (Wildman–Crippen MR) is 254 cm³/mol. The molecule has 4 rings (SSSR count). The summed E-state index contributed by atoms with van der Waals surface area (Å²) in [7, 11) is -12.2. The van der Waals surface area contributed by atoms with Gasteiger partial charge in [0.05, 0.1) is 39.9 Å². The van der Waals surface area contributed by atoms with Crippen molar-refractivity contribution >= 4 is 63.3 Å². The molecule has 0 fully saturated rings. The number of carboxylic acid groups (broad SMARTS) is 1. The van der Waals surface area contributed by atoms with Gasteiger partial charge in [-0.05, 0) is 94.3 Å². The van der Waals surface area contributed by atoms with Crippen LogP contribution in [0.25, 0.3) is 0 Å². The number of rotatable bonds is 30. The lowest BCUT2D eigenvalue weighted by Crippen LogP contribution is -2.33. The molecule has 0 spiro atoms. The van der Waals surface area contributed by atoms with Crippen LogP contribution in [0.3, 0.4) is 0 Å². The summed E-state index contributed by atoms with van der Waals surface area (Å²) in [5.74, 6) is -1.96. The molecule has 2 heterocycles. The molecular formula is C44H65N4O15S4+. The number of aliphatic carboxylic acids is 1. The van der Waals surface area contributed by atoms with E-state index in [1.54, 1.807) is 49.6 Å². The van der Waals surface area contributed by atoms with Crippen LogP contribution < -0.4 is 14.3 Å². The Bertz CT molecular complexity index is 2650. The number of unbranched alkanes of at least 4 members (excludes halogenated alkanes) is 2. The SMILES string of the molecule is COCCNS(=O)(=O)c1ccc2c(c1)C(C)(CCCS(=O)(=O)O)C(/C=C/C=C/C=C1/N(CCCCCC(=O)O)c3ccc(S(=O)(=O)NCCOC)cc3C1(C)CCCS(=O)(=O)O)=[N+]2CCOC. The number of sulfonamides is 2. The molecule has 2 aromatic carbocycles. The minimum atomic E-state index is -4.34. The molecule has 0 saturated carbocycles. The van der Waals surface area contributed by atoms with Crippen LogP contribution in [0, 0.1) is 0 Å². The Kier molecular flexibility index (Phi) is 20.0. The maximum Gasteiger partial charge on any atom is 0.303 e. The monoisotopic (exact) mass is 1020 g/mol. The lowest BCUT2D eigenvalue weighted by atomic mass is 9.76. The van der Waals surface area contributed by atoms with Crippen molar-refractivity contribution in [3.63, 3.8) is 0 Å². The molecular weight excluding hydrogens is 953 g/mol. The zero-order chi connectivity index (χ0) is 49.7. The Labute approximate surface area is 395 Å². The summed E-state index contributed by atoms with van der Waals surface area (Å²) in [6.07, 6.45) is 11.1. The van der Waals surface area contributed by atoms with Crippen molar-refractivity contribution in [2.45, 2.75) is 85.8 Å². The number of hydrogen-bond acceptors (Lipinski definition) is 13. The number of benzene rings is 2. The van der Waals surface area contributed by atoms with E-state index in [0.29, 0.717) is 66.3 Å². The summed E-state index contributed by atoms with van der Waals surface area (Å²) < 4.78 is 143. The van der Waals surface area contributed by atoms with Gasteiger partial charge in [0.1, 0.15) is 6.61 Å². The molecule has 0 amide bonds. The second-order valence-corrected chi connectivity index (χ2v) is 23.4. The number of allylic oxidation sites excluding steroid dienone is 6. The van der Waals surface area contributed by atoms with Gasteiger partial charge in [-0.25, -0.2) is 26.3 Å². The molecule has 67 heavy (non-hydrogen) atoms. The number of carboxylic acids is 1. The van der Waals surface area contributed by atoms with E-state index >= 15 is 0 Å². The molecule has 0 saturated heterocycles. The number of hydrogen-bond donors (Lipinski definition) is 5. The van der Waals surface area contributed by atoms with Crippen molar-refractivity contribution in [3.8, 4) is 0 Å². The van der Waals surface area contributed by atoms with Crippen LogP contribution in [0.15, 0.2) is 82.3 Å². The third kappa shape index (κ3) is 15.1. The molecule has 5 N–H and O–H groups in total. The van der Waals surface area contributed by atoms with Crippen molar-refractivity contribution in [2.24, 2.45) is 0 Å². The van der Waals surface area contributed by atoms with Gasteiger partial charge in [0.25, 0.3) is 20.2 Å². The minimum absolute atomic E-state index is 0.00207. The van der Waals surface area contributed by atoms with E-state index in [2.05, 4.69) is 9.44 Å². The van der Waals surface area contributed by atoms with Gasteiger partial charge >= 0.3 is 5.97 Å².